The molecule has 2 atom stereocenters. The number of carbonyl (C=O) groups excluding carboxylic acids is 2. The van der Waals surface area contributed by atoms with Crippen LogP contribution in [-0.2, 0) is 35.5 Å². The quantitative estimate of drug-likeness (QED) is 0.116. The van der Waals surface area contributed by atoms with Crippen molar-refractivity contribution in [3.63, 3.8) is 0 Å². The van der Waals surface area contributed by atoms with Crippen LogP contribution in [0.4, 0.5) is 9.59 Å². The van der Waals surface area contributed by atoms with Crippen molar-refractivity contribution in [3.8, 4) is 11.5 Å². The van der Waals surface area contributed by atoms with Crippen LogP contribution in [0, 0.1) is 10.8 Å². The Morgan fingerprint density at radius 1 is 0.458 bits per heavy atom. The van der Waals surface area contributed by atoms with Crippen LogP contribution in [0.1, 0.15) is 95.6 Å². The standard InChI is InChI=1S/2C29H32N4O3/c2*34-28(36-21-29-11-17-32(18-12-29)19-13-29)33-16-10-22-4-1-2-5-25(22)27(33)23-6-8-24(9-7-23)35-20-26-30-14-3-15-31-26/h2*1-9,14-15,27H,10-13,16-21H2/t2*27-/m10/s1. The number of carbonyl (C=O) groups is 2. The largest absolute Gasteiger partial charge is 0.486 e. The van der Waals surface area contributed by atoms with E-state index in [0.29, 0.717) is 51.2 Å². The van der Waals surface area contributed by atoms with E-state index in [9.17, 15) is 9.59 Å². The number of hydrogen-bond acceptors (Lipinski definition) is 12. The predicted molar refractivity (Wildman–Crippen MR) is 271 cm³/mol. The monoisotopic (exact) mass is 968 g/mol. The molecule has 0 spiro atoms. The minimum atomic E-state index is -0.210. The Balaban J connectivity index is 0.000000156. The smallest absolute Gasteiger partial charge is 0.410 e. The van der Waals surface area contributed by atoms with Crippen LogP contribution >= 0.6 is 0 Å². The number of piperidine rings is 6. The third kappa shape index (κ3) is 10.7. The Morgan fingerprint density at radius 3 is 1.19 bits per heavy atom. The van der Waals surface area contributed by atoms with Crippen LogP contribution in [0.25, 0.3) is 0 Å². The average molecular weight is 969 g/mol. The molecule has 8 aliphatic heterocycles. The number of amides is 2. The molecule has 2 amide bonds. The van der Waals surface area contributed by atoms with E-state index in [1.54, 1.807) is 36.9 Å². The molecule has 10 heterocycles. The zero-order valence-corrected chi connectivity index (χ0v) is 41.0. The van der Waals surface area contributed by atoms with E-state index in [1.807, 2.05) is 70.5 Å². The topological polar surface area (TPSA) is 136 Å². The maximum absolute atomic E-state index is 13.5. The number of aromatic nitrogens is 4. The molecular formula is C58H64N8O6. The van der Waals surface area contributed by atoms with Gasteiger partial charge in [-0.15, -0.1) is 0 Å². The fourth-order valence-corrected chi connectivity index (χ4v) is 11.7. The highest BCUT2D eigenvalue weighted by atomic mass is 16.6. The van der Waals surface area contributed by atoms with E-state index in [-0.39, 0.29) is 35.1 Å². The Bertz CT molecular complexity index is 2550. The second-order valence-electron chi connectivity index (χ2n) is 20.4. The second-order valence-corrected chi connectivity index (χ2v) is 20.4. The highest BCUT2D eigenvalue weighted by Crippen LogP contribution is 2.43. The molecule has 72 heavy (non-hydrogen) atoms. The maximum Gasteiger partial charge on any atom is 0.410 e. The lowest BCUT2D eigenvalue weighted by Crippen LogP contribution is -2.51. The van der Waals surface area contributed by atoms with Gasteiger partial charge in [-0.3, -0.25) is 9.80 Å². The van der Waals surface area contributed by atoms with E-state index in [4.69, 9.17) is 18.9 Å². The fraction of sp³-hybridized carbons (Fsp3) is 0.414. The summed E-state index contributed by atoms with van der Waals surface area (Å²) < 4.78 is 23.9. The van der Waals surface area contributed by atoms with Gasteiger partial charge in [0, 0.05) is 48.7 Å². The summed E-state index contributed by atoms with van der Waals surface area (Å²) in [6.07, 6.45) is 14.8. The van der Waals surface area contributed by atoms with Gasteiger partial charge >= 0.3 is 12.2 Å². The molecule has 0 radical (unpaired) electrons. The summed E-state index contributed by atoms with van der Waals surface area (Å²) in [7, 11) is 0. The van der Waals surface area contributed by atoms with Gasteiger partial charge in [-0.2, -0.15) is 0 Å². The Kier molecular flexibility index (Phi) is 14.1. The lowest BCUT2D eigenvalue weighted by Gasteiger charge is -2.48. The van der Waals surface area contributed by atoms with Gasteiger partial charge < -0.3 is 28.7 Å². The lowest BCUT2D eigenvalue weighted by atomic mass is 9.73. The van der Waals surface area contributed by atoms with E-state index in [0.717, 1.165) is 124 Å². The van der Waals surface area contributed by atoms with Crippen molar-refractivity contribution in [1.29, 1.82) is 0 Å². The van der Waals surface area contributed by atoms with Crippen molar-refractivity contribution in [2.24, 2.45) is 10.8 Å². The minimum Gasteiger partial charge on any atom is -0.486 e. The van der Waals surface area contributed by atoms with Gasteiger partial charge in [0.05, 0.1) is 25.3 Å². The number of hydrogen-bond donors (Lipinski definition) is 0. The Labute approximate surface area is 422 Å². The molecule has 6 aromatic rings. The fourth-order valence-electron chi connectivity index (χ4n) is 11.7. The first kappa shape index (κ1) is 47.4. The summed E-state index contributed by atoms with van der Waals surface area (Å²) in [5.74, 6) is 2.76. The first-order chi connectivity index (χ1) is 35.4. The normalized spacial score (nSPS) is 24.7. The van der Waals surface area contributed by atoms with Gasteiger partial charge in [-0.05, 0) is 160 Å². The molecule has 6 saturated heterocycles. The van der Waals surface area contributed by atoms with Gasteiger partial charge in [-0.25, -0.2) is 29.5 Å². The lowest BCUT2D eigenvalue weighted by molar-refractivity contribution is -0.0301. The zero-order chi connectivity index (χ0) is 48.7. The molecule has 6 fully saturated rings. The third-order valence-corrected chi connectivity index (χ3v) is 16.2. The predicted octanol–water partition coefficient (Wildman–Crippen LogP) is 9.25. The van der Waals surface area contributed by atoms with Crippen LogP contribution in [0.5, 0.6) is 11.5 Å². The molecule has 4 bridgehead atoms. The van der Waals surface area contributed by atoms with Gasteiger partial charge in [0.1, 0.15) is 24.7 Å². The number of nitrogens with zero attached hydrogens (tertiary/aromatic N) is 8. The number of benzene rings is 4. The molecule has 2 aromatic heterocycles. The average Bonchev–Trinajstić information content (AvgIpc) is 3.46. The minimum absolute atomic E-state index is 0.162. The molecule has 14 rings (SSSR count). The van der Waals surface area contributed by atoms with Crippen LogP contribution in [0.15, 0.2) is 134 Å². The first-order valence-corrected chi connectivity index (χ1v) is 25.8. The number of rotatable bonds is 12. The van der Waals surface area contributed by atoms with E-state index in [1.165, 1.54) is 11.1 Å². The van der Waals surface area contributed by atoms with Crippen LogP contribution in [-0.4, -0.2) is 117 Å². The molecule has 14 heteroatoms. The number of ether oxygens (including phenoxy) is 4. The second kappa shape index (κ2) is 21.4. The molecular weight excluding hydrogens is 905 g/mol. The van der Waals surface area contributed by atoms with Crippen LogP contribution in [0.3, 0.4) is 0 Å². The summed E-state index contributed by atoms with van der Waals surface area (Å²) in [5.41, 5.74) is 7.31. The molecule has 4 aromatic carbocycles. The van der Waals surface area contributed by atoms with E-state index >= 15 is 0 Å². The van der Waals surface area contributed by atoms with Crippen molar-refractivity contribution in [3.05, 3.63) is 179 Å². The van der Waals surface area contributed by atoms with E-state index in [2.05, 4.69) is 66.1 Å². The molecule has 0 unspecified atom stereocenters. The third-order valence-electron chi connectivity index (χ3n) is 16.2. The van der Waals surface area contributed by atoms with Gasteiger partial charge in [0.2, 0.25) is 0 Å². The van der Waals surface area contributed by atoms with Crippen molar-refractivity contribution < 1.29 is 28.5 Å². The number of fused-ring (bicyclic) bond motifs is 8. The summed E-state index contributed by atoms with van der Waals surface area (Å²) >= 11 is 0. The SMILES string of the molecule is O=C(OCC12CCN(CC1)CC2)N1CCc2ccccc2[C@@H]1c1ccc(OCc2ncccn2)cc1.O=C(OCC12CCN(CC1)CC2)N1CCc2ccccc2[C@H]1c1ccc(OCc2ncccn2)cc1. The molecule has 8 aliphatic rings. The molecule has 0 N–H and O–H groups in total. The van der Waals surface area contributed by atoms with Gasteiger partial charge in [0.15, 0.2) is 11.6 Å². The zero-order valence-electron chi connectivity index (χ0n) is 41.0. The summed E-state index contributed by atoms with van der Waals surface area (Å²) in [5, 5.41) is 0. The Morgan fingerprint density at radius 2 is 0.819 bits per heavy atom. The van der Waals surface area contributed by atoms with Gasteiger partial charge in [-0.1, -0.05) is 72.8 Å². The molecule has 372 valence electrons. The van der Waals surface area contributed by atoms with Crippen LogP contribution in [0.2, 0.25) is 0 Å². The molecule has 14 nitrogen and oxygen atoms in total. The van der Waals surface area contributed by atoms with Gasteiger partial charge in [0.25, 0.3) is 0 Å². The van der Waals surface area contributed by atoms with Crippen LogP contribution < -0.4 is 9.47 Å². The Hall–Kier alpha value is -6.90. The highest BCUT2D eigenvalue weighted by molar-refractivity contribution is 5.71. The maximum atomic E-state index is 13.5. The summed E-state index contributed by atoms with van der Waals surface area (Å²) in [6, 6.07) is 36.0. The van der Waals surface area contributed by atoms with E-state index < -0.39 is 0 Å². The molecule has 0 aliphatic carbocycles. The summed E-state index contributed by atoms with van der Waals surface area (Å²) in [6.45, 7) is 9.72. The van der Waals surface area contributed by atoms with Crippen molar-refractivity contribution >= 4 is 12.2 Å². The highest BCUT2D eigenvalue weighted by Gasteiger charge is 2.43. The first-order valence-electron chi connectivity index (χ1n) is 25.8. The molecule has 0 saturated carbocycles. The van der Waals surface area contributed by atoms with Crippen molar-refractivity contribution in [1.82, 2.24) is 39.5 Å². The van der Waals surface area contributed by atoms with Crippen molar-refractivity contribution in [2.45, 2.75) is 76.7 Å². The van der Waals surface area contributed by atoms with Crippen molar-refractivity contribution in [2.75, 3.05) is 65.6 Å². The summed E-state index contributed by atoms with van der Waals surface area (Å²) in [4.78, 5) is 52.6.